The third-order valence-electron chi connectivity index (χ3n) is 3.68. The summed E-state index contributed by atoms with van der Waals surface area (Å²) in [6, 6.07) is 8.64. The number of rotatable bonds is 6. The lowest BCUT2D eigenvalue weighted by Crippen LogP contribution is -2.53. The molecule has 6 nitrogen and oxygen atoms in total. The van der Waals surface area contributed by atoms with Crippen molar-refractivity contribution in [3.63, 3.8) is 0 Å². The van der Waals surface area contributed by atoms with Gasteiger partial charge in [-0.25, -0.2) is 9.59 Å². The Morgan fingerprint density at radius 3 is 2.57 bits per heavy atom. The molecule has 1 aromatic carbocycles. The van der Waals surface area contributed by atoms with Crippen LogP contribution in [0.4, 0.5) is 4.79 Å². The number of carboxylic acid groups (broad SMARTS) is 1. The zero-order chi connectivity index (χ0) is 16.7. The monoisotopic (exact) mass is 337 g/mol. The SMILES string of the molecule is CN(Cc1ccccc1)CC(NC(=O)N1CCSCC1)C(=O)O. The van der Waals surface area contributed by atoms with Crippen LogP contribution in [-0.4, -0.2) is 71.1 Å². The van der Waals surface area contributed by atoms with E-state index in [0.717, 1.165) is 17.1 Å². The predicted octanol–water partition coefficient (Wildman–Crippen LogP) is 1.33. The third kappa shape index (κ3) is 5.76. The molecule has 126 valence electrons. The minimum absolute atomic E-state index is 0.262. The molecule has 0 aliphatic carbocycles. The smallest absolute Gasteiger partial charge is 0.327 e. The molecule has 2 rings (SSSR count). The second-order valence-electron chi connectivity index (χ2n) is 5.62. The molecule has 23 heavy (non-hydrogen) atoms. The highest BCUT2D eigenvalue weighted by Crippen LogP contribution is 2.09. The summed E-state index contributed by atoms with van der Waals surface area (Å²) in [5.41, 5.74) is 1.11. The van der Waals surface area contributed by atoms with Crippen LogP contribution in [0.1, 0.15) is 5.56 Å². The summed E-state index contributed by atoms with van der Waals surface area (Å²) >= 11 is 1.81. The molecule has 1 heterocycles. The molecule has 0 spiro atoms. The summed E-state index contributed by atoms with van der Waals surface area (Å²) in [6.07, 6.45) is 0. The molecule has 1 atom stereocenters. The Kier molecular flexibility index (Phi) is 6.73. The van der Waals surface area contributed by atoms with Gasteiger partial charge in [-0.05, 0) is 12.6 Å². The van der Waals surface area contributed by atoms with Gasteiger partial charge >= 0.3 is 12.0 Å². The topological polar surface area (TPSA) is 72.9 Å². The van der Waals surface area contributed by atoms with E-state index in [9.17, 15) is 14.7 Å². The molecule has 2 N–H and O–H groups in total. The number of nitrogens with zero attached hydrogens (tertiary/aromatic N) is 2. The molecule has 0 radical (unpaired) electrons. The lowest BCUT2D eigenvalue weighted by atomic mass is 10.2. The van der Waals surface area contributed by atoms with Gasteiger partial charge in [0, 0.05) is 37.7 Å². The molecule has 1 aliphatic rings. The van der Waals surface area contributed by atoms with Crippen molar-refractivity contribution >= 4 is 23.8 Å². The first-order valence-corrected chi connectivity index (χ1v) is 8.80. The molecule has 0 saturated carbocycles. The van der Waals surface area contributed by atoms with Crippen molar-refractivity contribution in [1.82, 2.24) is 15.1 Å². The summed E-state index contributed by atoms with van der Waals surface area (Å²) in [5, 5.41) is 12.0. The van der Waals surface area contributed by atoms with Gasteiger partial charge in [0.15, 0.2) is 0 Å². The second kappa shape index (κ2) is 8.79. The summed E-state index contributed by atoms with van der Waals surface area (Å²) < 4.78 is 0. The average molecular weight is 337 g/mol. The molecule has 1 aliphatic heterocycles. The van der Waals surface area contributed by atoms with Crippen LogP contribution in [0.2, 0.25) is 0 Å². The fraction of sp³-hybridized carbons (Fsp3) is 0.500. The molecule has 1 saturated heterocycles. The van der Waals surface area contributed by atoms with Crippen LogP contribution >= 0.6 is 11.8 Å². The van der Waals surface area contributed by atoms with Gasteiger partial charge in [-0.15, -0.1) is 0 Å². The quantitative estimate of drug-likeness (QED) is 0.819. The number of carbonyl (C=O) groups excluding carboxylic acids is 1. The molecule has 1 fully saturated rings. The van der Waals surface area contributed by atoms with Gasteiger partial charge < -0.3 is 15.3 Å². The Morgan fingerprint density at radius 2 is 1.96 bits per heavy atom. The van der Waals surface area contributed by atoms with Gasteiger partial charge in [-0.2, -0.15) is 11.8 Å². The van der Waals surface area contributed by atoms with E-state index in [-0.39, 0.29) is 12.6 Å². The number of carboxylic acids is 1. The van der Waals surface area contributed by atoms with Gasteiger partial charge in [0.25, 0.3) is 0 Å². The number of carbonyl (C=O) groups is 2. The molecule has 0 aromatic heterocycles. The number of hydrogen-bond donors (Lipinski definition) is 2. The van der Waals surface area contributed by atoms with Crippen molar-refractivity contribution in [2.75, 3.05) is 38.2 Å². The number of likely N-dealkylation sites (N-methyl/N-ethyl adjacent to an activating group) is 1. The minimum Gasteiger partial charge on any atom is -0.480 e. The first-order chi connectivity index (χ1) is 11.1. The normalized spacial score (nSPS) is 16.2. The Balaban J connectivity index is 1.87. The van der Waals surface area contributed by atoms with E-state index < -0.39 is 12.0 Å². The van der Waals surface area contributed by atoms with E-state index in [4.69, 9.17) is 0 Å². The predicted molar refractivity (Wildman–Crippen MR) is 91.6 cm³/mol. The molecule has 2 amide bonds. The lowest BCUT2D eigenvalue weighted by molar-refractivity contribution is -0.139. The maximum atomic E-state index is 12.2. The molecule has 1 aromatic rings. The number of benzene rings is 1. The van der Waals surface area contributed by atoms with E-state index in [1.807, 2.05) is 42.3 Å². The molecular formula is C16H23N3O3S. The standard InChI is InChI=1S/C16H23N3O3S/c1-18(11-13-5-3-2-4-6-13)12-14(15(20)21)17-16(22)19-7-9-23-10-8-19/h2-6,14H,7-12H2,1H3,(H,17,22)(H,20,21). The van der Waals surface area contributed by atoms with E-state index in [1.54, 1.807) is 16.7 Å². The second-order valence-corrected chi connectivity index (χ2v) is 6.85. The molecular weight excluding hydrogens is 314 g/mol. The van der Waals surface area contributed by atoms with E-state index in [1.165, 1.54) is 0 Å². The molecule has 1 unspecified atom stereocenters. The Hall–Kier alpha value is -1.73. The van der Waals surface area contributed by atoms with Crippen molar-refractivity contribution in [3.05, 3.63) is 35.9 Å². The highest BCUT2D eigenvalue weighted by atomic mass is 32.2. The van der Waals surface area contributed by atoms with Crippen LogP contribution in [0.25, 0.3) is 0 Å². The van der Waals surface area contributed by atoms with Gasteiger partial charge in [0.05, 0.1) is 0 Å². The van der Waals surface area contributed by atoms with Crippen molar-refractivity contribution in [3.8, 4) is 0 Å². The van der Waals surface area contributed by atoms with Gasteiger partial charge in [-0.1, -0.05) is 30.3 Å². The van der Waals surface area contributed by atoms with Gasteiger partial charge in [0.2, 0.25) is 0 Å². The maximum absolute atomic E-state index is 12.2. The number of hydrogen-bond acceptors (Lipinski definition) is 4. The van der Waals surface area contributed by atoms with Crippen LogP contribution in [-0.2, 0) is 11.3 Å². The first-order valence-electron chi connectivity index (χ1n) is 7.64. The lowest BCUT2D eigenvalue weighted by Gasteiger charge is -2.29. The number of urea groups is 1. The number of aliphatic carboxylic acids is 1. The van der Waals surface area contributed by atoms with Gasteiger partial charge in [-0.3, -0.25) is 4.90 Å². The molecule has 7 heteroatoms. The van der Waals surface area contributed by atoms with Crippen LogP contribution in [0.15, 0.2) is 30.3 Å². The number of thioether (sulfide) groups is 1. The average Bonchev–Trinajstić information content (AvgIpc) is 2.55. The fourth-order valence-electron chi connectivity index (χ4n) is 2.46. The minimum atomic E-state index is -1.01. The van der Waals surface area contributed by atoms with E-state index in [0.29, 0.717) is 19.6 Å². The Labute approximate surface area is 140 Å². The largest absolute Gasteiger partial charge is 0.480 e. The summed E-state index contributed by atoms with van der Waals surface area (Å²) in [4.78, 5) is 27.2. The van der Waals surface area contributed by atoms with Crippen LogP contribution < -0.4 is 5.32 Å². The van der Waals surface area contributed by atoms with Crippen LogP contribution in [0.5, 0.6) is 0 Å². The van der Waals surface area contributed by atoms with Crippen LogP contribution in [0, 0.1) is 0 Å². The summed E-state index contributed by atoms with van der Waals surface area (Å²) in [6.45, 7) is 2.24. The summed E-state index contributed by atoms with van der Waals surface area (Å²) in [7, 11) is 1.85. The highest BCUT2D eigenvalue weighted by molar-refractivity contribution is 7.99. The summed E-state index contributed by atoms with van der Waals surface area (Å²) in [5.74, 6) is 0.794. The first kappa shape index (κ1) is 17.6. The van der Waals surface area contributed by atoms with Crippen molar-refractivity contribution < 1.29 is 14.7 Å². The number of amides is 2. The van der Waals surface area contributed by atoms with Crippen molar-refractivity contribution in [2.45, 2.75) is 12.6 Å². The maximum Gasteiger partial charge on any atom is 0.327 e. The van der Waals surface area contributed by atoms with Crippen molar-refractivity contribution in [2.24, 2.45) is 0 Å². The van der Waals surface area contributed by atoms with Crippen molar-refractivity contribution in [1.29, 1.82) is 0 Å². The third-order valence-corrected chi connectivity index (χ3v) is 4.63. The zero-order valence-corrected chi connectivity index (χ0v) is 14.1. The van der Waals surface area contributed by atoms with E-state index in [2.05, 4.69) is 5.32 Å². The Morgan fingerprint density at radius 1 is 1.30 bits per heavy atom. The molecule has 0 bridgehead atoms. The van der Waals surface area contributed by atoms with Gasteiger partial charge in [0.1, 0.15) is 6.04 Å². The highest BCUT2D eigenvalue weighted by Gasteiger charge is 2.25. The number of nitrogens with one attached hydrogen (secondary N) is 1. The fourth-order valence-corrected chi connectivity index (χ4v) is 3.37. The van der Waals surface area contributed by atoms with E-state index >= 15 is 0 Å². The Bertz CT molecular complexity index is 521. The zero-order valence-electron chi connectivity index (χ0n) is 13.3. The van der Waals surface area contributed by atoms with Crippen LogP contribution in [0.3, 0.4) is 0 Å².